The Bertz CT molecular complexity index is 658. The van der Waals surface area contributed by atoms with Gasteiger partial charge in [-0.2, -0.15) is 0 Å². The van der Waals surface area contributed by atoms with Gasteiger partial charge in [-0.3, -0.25) is 4.79 Å². The maximum absolute atomic E-state index is 12.3. The molecule has 0 bridgehead atoms. The van der Waals surface area contributed by atoms with Gasteiger partial charge in [0, 0.05) is 4.47 Å². The van der Waals surface area contributed by atoms with Gasteiger partial charge in [0.1, 0.15) is 5.75 Å². The first-order chi connectivity index (χ1) is 10.0. The minimum atomic E-state index is -0.109. The number of hydrogen-bond acceptors (Lipinski definition) is 2. The number of ether oxygens (including phenoxy) is 1. The summed E-state index contributed by atoms with van der Waals surface area (Å²) in [5.74, 6) is 0.657. The number of halogens is 2. The van der Waals surface area contributed by atoms with Crippen LogP contribution >= 0.6 is 31.9 Å². The number of methoxy groups -OCH3 is 1. The molecule has 0 heterocycles. The summed E-state index contributed by atoms with van der Waals surface area (Å²) in [6.07, 6.45) is 0. The summed E-state index contributed by atoms with van der Waals surface area (Å²) >= 11 is 6.84. The fourth-order valence-electron chi connectivity index (χ4n) is 1.96. The van der Waals surface area contributed by atoms with Crippen LogP contribution in [0.3, 0.4) is 0 Å². The van der Waals surface area contributed by atoms with Crippen LogP contribution in [0, 0.1) is 0 Å². The van der Waals surface area contributed by atoms with E-state index >= 15 is 0 Å². The summed E-state index contributed by atoms with van der Waals surface area (Å²) < 4.78 is 6.85. The molecule has 0 saturated carbocycles. The van der Waals surface area contributed by atoms with Crippen LogP contribution in [0.5, 0.6) is 5.75 Å². The lowest BCUT2D eigenvalue weighted by Crippen LogP contribution is -2.26. The highest BCUT2D eigenvalue weighted by Crippen LogP contribution is 2.28. The molecule has 1 N–H and O–H groups in total. The second kappa shape index (κ2) is 7.09. The molecule has 2 rings (SSSR count). The van der Waals surface area contributed by atoms with E-state index in [-0.39, 0.29) is 11.9 Å². The summed E-state index contributed by atoms with van der Waals surface area (Å²) in [7, 11) is 1.62. The van der Waals surface area contributed by atoms with E-state index in [1.165, 1.54) is 0 Å². The van der Waals surface area contributed by atoms with Crippen molar-refractivity contribution in [1.29, 1.82) is 0 Å². The van der Waals surface area contributed by atoms with E-state index in [1.54, 1.807) is 13.2 Å². The van der Waals surface area contributed by atoms with Crippen molar-refractivity contribution in [2.24, 2.45) is 0 Å². The summed E-state index contributed by atoms with van der Waals surface area (Å²) in [4.78, 5) is 12.3. The van der Waals surface area contributed by atoms with Crippen molar-refractivity contribution in [2.45, 2.75) is 13.0 Å². The Kier molecular flexibility index (Phi) is 5.42. The maximum atomic E-state index is 12.3. The van der Waals surface area contributed by atoms with Crippen LogP contribution in [0.25, 0.3) is 0 Å². The van der Waals surface area contributed by atoms with Crippen LogP contribution in [0.4, 0.5) is 0 Å². The number of amides is 1. The molecule has 0 aliphatic rings. The lowest BCUT2D eigenvalue weighted by atomic mass is 10.1. The second-order valence-corrected chi connectivity index (χ2v) is 6.28. The first kappa shape index (κ1) is 16.0. The number of rotatable bonds is 4. The van der Waals surface area contributed by atoms with Crippen LogP contribution in [-0.2, 0) is 0 Å². The Labute approximate surface area is 141 Å². The average molecular weight is 413 g/mol. The molecule has 0 aromatic heterocycles. The standard InChI is InChI=1S/C16H15Br2NO2/c1-10(11-7-8-15(21-2)14(18)9-11)19-16(20)12-5-3-4-6-13(12)17/h3-10H,1-2H3,(H,19,20). The van der Waals surface area contributed by atoms with Gasteiger partial charge in [-0.25, -0.2) is 0 Å². The van der Waals surface area contributed by atoms with Crippen molar-refractivity contribution < 1.29 is 9.53 Å². The van der Waals surface area contributed by atoms with E-state index in [1.807, 2.05) is 43.3 Å². The van der Waals surface area contributed by atoms with Gasteiger partial charge in [0.15, 0.2) is 0 Å². The summed E-state index contributed by atoms with van der Waals surface area (Å²) in [5.41, 5.74) is 1.63. The zero-order valence-electron chi connectivity index (χ0n) is 11.7. The molecule has 0 aliphatic carbocycles. The van der Waals surface area contributed by atoms with Crippen LogP contribution in [0.1, 0.15) is 28.9 Å². The van der Waals surface area contributed by atoms with Crippen molar-refractivity contribution in [3.63, 3.8) is 0 Å². The van der Waals surface area contributed by atoms with Crippen LogP contribution < -0.4 is 10.1 Å². The van der Waals surface area contributed by atoms with E-state index in [9.17, 15) is 4.79 Å². The highest BCUT2D eigenvalue weighted by molar-refractivity contribution is 9.10. The van der Waals surface area contributed by atoms with E-state index in [2.05, 4.69) is 37.2 Å². The highest BCUT2D eigenvalue weighted by Gasteiger charge is 2.14. The smallest absolute Gasteiger partial charge is 0.252 e. The third-order valence-corrected chi connectivity index (χ3v) is 4.45. The monoisotopic (exact) mass is 411 g/mol. The van der Waals surface area contributed by atoms with Crippen LogP contribution in [0.2, 0.25) is 0 Å². The van der Waals surface area contributed by atoms with Crippen molar-refractivity contribution >= 4 is 37.8 Å². The SMILES string of the molecule is COc1ccc(C(C)NC(=O)c2ccccc2Br)cc1Br. The molecular formula is C16H15Br2NO2. The molecule has 5 heteroatoms. The minimum absolute atomic E-state index is 0.105. The van der Waals surface area contributed by atoms with Gasteiger partial charge in [-0.1, -0.05) is 18.2 Å². The quantitative estimate of drug-likeness (QED) is 0.789. The zero-order chi connectivity index (χ0) is 15.4. The van der Waals surface area contributed by atoms with E-state index < -0.39 is 0 Å². The molecule has 0 saturated heterocycles. The predicted octanol–water partition coefficient (Wildman–Crippen LogP) is 4.71. The van der Waals surface area contributed by atoms with Gasteiger partial charge in [0.25, 0.3) is 5.91 Å². The molecule has 1 atom stereocenters. The molecule has 1 unspecified atom stereocenters. The highest BCUT2D eigenvalue weighted by atomic mass is 79.9. The predicted molar refractivity (Wildman–Crippen MR) is 90.7 cm³/mol. The molecule has 21 heavy (non-hydrogen) atoms. The first-order valence-electron chi connectivity index (χ1n) is 6.41. The maximum Gasteiger partial charge on any atom is 0.252 e. The molecule has 0 fully saturated rings. The van der Waals surface area contributed by atoms with Gasteiger partial charge in [-0.05, 0) is 68.6 Å². The molecule has 0 radical (unpaired) electrons. The van der Waals surface area contributed by atoms with Crippen LogP contribution in [-0.4, -0.2) is 13.0 Å². The van der Waals surface area contributed by atoms with E-state index in [0.29, 0.717) is 5.56 Å². The fourth-order valence-corrected chi connectivity index (χ4v) is 2.98. The average Bonchev–Trinajstić information content (AvgIpc) is 2.47. The lowest BCUT2D eigenvalue weighted by Gasteiger charge is -2.16. The Morgan fingerprint density at radius 3 is 2.48 bits per heavy atom. The first-order valence-corrected chi connectivity index (χ1v) is 8.00. The molecule has 0 aliphatic heterocycles. The molecule has 2 aromatic rings. The Morgan fingerprint density at radius 1 is 1.14 bits per heavy atom. The molecule has 3 nitrogen and oxygen atoms in total. The van der Waals surface area contributed by atoms with Crippen molar-refractivity contribution in [3.8, 4) is 5.75 Å². The fraction of sp³-hybridized carbons (Fsp3) is 0.188. The summed E-state index contributed by atoms with van der Waals surface area (Å²) in [6.45, 7) is 1.95. The van der Waals surface area contributed by atoms with Crippen molar-refractivity contribution in [1.82, 2.24) is 5.32 Å². The topological polar surface area (TPSA) is 38.3 Å². The Balaban J connectivity index is 2.14. The Morgan fingerprint density at radius 2 is 1.86 bits per heavy atom. The van der Waals surface area contributed by atoms with Crippen LogP contribution in [0.15, 0.2) is 51.4 Å². The molecule has 1 amide bonds. The number of carbonyl (C=O) groups excluding carboxylic acids is 1. The molecule has 2 aromatic carbocycles. The molecule has 110 valence electrons. The second-order valence-electron chi connectivity index (χ2n) is 4.57. The number of carbonyl (C=O) groups is 1. The Hall–Kier alpha value is -1.33. The normalized spacial score (nSPS) is 11.8. The minimum Gasteiger partial charge on any atom is -0.496 e. The molecule has 0 spiro atoms. The van der Waals surface area contributed by atoms with E-state index in [0.717, 1.165) is 20.3 Å². The van der Waals surface area contributed by atoms with Gasteiger partial charge in [0.05, 0.1) is 23.2 Å². The summed E-state index contributed by atoms with van der Waals surface area (Å²) in [6, 6.07) is 13.0. The summed E-state index contributed by atoms with van der Waals surface area (Å²) in [5, 5.41) is 2.99. The van der Waals surface area contributed by atoms with Crippen molar-refractivity contribution in [2.75, 3.05) is 7.11 Å². The van der Waals surface area contributed by atoms with Crippen molar-refractivity contribution in [3.05, 3.63) is 62.5 Å². The lowest BCUT2D eigenvalue weighted by molar-refractivity contribution is 0.0939. The number of hydrogen-bond donors (Lipinski definition) is 1. The zero-order valence-corrected chi connectivity index (χ0v) is 14.9. The van der Waals surface area contributed by atoms with Gasteiger partial charge < -0.3 is 10.1 Å². The number of nitrogens with one attached hydrogen (secondary N) is 1. The third-order valence-electron chi connectivity index (χ3n) is 3.14. The third kappa shape index (κ3) is 3.86. The van der Waals surface area contributed by atoms with Gasteiger partial charge in [-0.15, -0.1) is 0 Å². The van der Waals surface area contributed by atoms with Gasteiger partial charge >= 0.3 is 0 Å². The number of benzene rings is 2. The molecular weight excluding hydrogens is 398 g/mol. The van der Waals surface area contributed by atoms with Gasteiger partial charge in [0.2, 0.25) is 0 Å². The van der Waals surface area contributed by atoms with E-state index in [4.69, 9.17) is 4.74 Å². The largest absolute Gasteiger partial charge is 0.496 e.